The number of carbonyl (C=O) groups is 3. The number of aliphatic carboxylic acids is 1. The maximum atomic E-state index is 12.6. The number of amides is 2. The smallest absolute Gasteiger partial charge is 0.352 e. The van der Waals surface area contributed by atoms with Gasteiger partial charge in [-0.15, -0.1) is 23.1 Å². The SMILES string of the molecule is CON=C(C(=O)N[C@@H]1C(=O)N2C(C(=O)O)=C(CN=[N+]=[N-])CS[C@H]12)c1csc(N)n1. The van der Waals surface area contributed by atoms with Gasteiger partial charge in [0.1, 0.15) is 29.9 Å². The van der Waals surface area contributed by atoms with Crippen molar-refractivity contribution < 1.29 is 24.3 Å². The molecule has 1 aromatic heterocycles. The average Bonchev–Trinajstić information content (AvgIpc) is 3.13. The second-order valence-corrected chi connectivity index (χ2v) is 7.70. The van der Waals surface area contributed by atoms with Crippen molar-refractivity contribution >= 4 is 51.7 Å². The molecule has 1 aromatic rings. The summed E-state index contributed by atoms with van der Waals surface area (Å²) < 4.78 is 0. The molecule has 4 N–H and O–H groups in total. The molecule has 2 aliphatic rings. The zero-order valence-corrected chi connectivity index (χ0v) is 16.4. The maximum absolute atomic E-state index is 12.6. The van der Waals surface area contributed by atoms with Crippen LogP contribution in [0.25, 0.3) is 10.4 Å². The van der Waals surface area contributed by atoms with Gasteiger partial charge in [-0.2, -0.15) is 0 Å². The molecule has 2 aliphatic heterocycles. The molecular weight excluding hydrogens is 424 g/mol. The summed E-state index contributed by atoms with van der Waals surface area (Å²) in [5.74, 6) is -2.38. The minimum absolute atomic E-state index is 0.158. The second kappa shape index (κ2) is 8.38. The van der Waals surface area contributed by atoms with Crippen molar-refractivity contribution in [2.45, 2.75) is 11.4 Å². The zero-order valence-electron chi connectivity index (χ0n) is 14.8. The zero-order chi connectivity index (χ0) is 21.1. The minimum atomic E-state index is -1.31. The number of rotatable bonds is 7. The van der Waals surface area contributed by atoms with Gasteiger partial charge in [0, 0.05) is 16.0 Å². The Morgan fingerprint density at radius 3 is 2.93 bits per heavy atom. The predicted molar refractivity (Wildman–Crippen MR) is 104 cm³/mol. The van der Waals surface area contributed by atoms with Crippen LogP contribution in [0.15, 0.2) is 26.9 Å². The number of β-lactam (4-membered cyclic amide) rings is 1. The number of nitrogens with zero attached hydrogens (tertiary/aromatic N) is 6. The second-order valence-electron chi connectivity index (χ2n) is 5.70. The van der Waals surface area contributed by atoms with Crippen molar-refractivity contribution in [3.05, 3.63) is 32.8 Å². The molecule has 1 saturated heterocycles. The highest BCUT2D eigenvalue weighted by atomic mass is 32.2. The van der Waals surface area contributed by atoms with Gasteiger partial charge in [-0.3, -0.25) is 14.5 Å². The fourth-order valence-corrected chi connectivity index (χ4v) is 4.71. The van der Waals surface area contributed by atoms with Gasteiger partial charge in [0.05, 0.1) is 6.54 Å². The number of fused-ring (bicyclic) bond motifs is 1. The van der Waals surface area contributed by atoms with Crippen LogP contribution in [0.2, 0.25) is 0 Å². The lowest BCUT2D eigenvalue weighted by atomic mass is 10.0. The molecule has 3 rings (SSSR count). The summed E-state index contributed by atoms with van der Waals surface area (Å²) in [6.45, 7) is -0.158. The van der Waals surface area contributed by atoms with E-state index in [1.165, 1.54) is 24.3 Å². The van der Waals surface area contributed by atoms with Crippen molar-refractivity contribution in [1.29, 1.82) is 0 Å². The molecule has 0 radical (unpaired) electrons. The highest BCUT2D eigenvalue weighted by molar-refractivity contribution is 8.00. The molecular formula is C14H14N8O5S2. The Hall–Kier alpha value is -3.29. The highest BCUT2D eigenvalue weighted by Crippen LogP contribution is 2.40. The lowest BCUT2D eigenvalue weighted by Gasteiger charge is -2.49. The van der Waals surface area contributed by atoms with Crippen LogP contribution in [0.3, 0.4) is 0 Å². The van der Waals surface area contributed by atoms with Gasteiger partial charge in [0.25, 0.3) is 11.8 Å². The standard InChI is InChI=1S/C14H14N8O5S2/c1-27-20-7(6-4-29-14(15)18-6)10(23)19-8-11(24)22-9(13(25)26)5(2-17-21-16)3-28-12(8)22/h4,8,12H,2-3H2,1H3,(H2,15,18)(H,19,23)(H,25,26)/t8-,12-/m1/s1. The number of nitrogens with two attached hydrogens (primary N) is 1. The summed E-state index contributed by atoms with van der Waals surface area (Å²) in [6, 6.07) is -0.957. The molecule has 15 heteroatoms. The van der Waals surface area contributed by atoms with E-state index in [-0.39, 0.29) is 34.5 Å². The summed E-state index contributed by atoms with van der Waals surface area (Å²) in [5, 5.41) is 20.2. The Kier molecular flexibility index (Phi) is 5.91. The van der Waals surface area contributed by atoms with E-state index in [0.29, 0.717) is 5.57 Å². The number of hydrogen-bond acceptors (Lipinski definition) is 10. The van der Waals surface area contributed by atoms with Gasteiger partial charge in [0.15, 0.2) is 10.8 Å². The number of hydrogen-bond donors (Lipinski definition) is 3. The summed E-state index contributed by atoms with van der Waals surface area (Å²) in [6.07, 6.45) is 0. The quantitative estimate of drug-likeness (QED) is 0.133. The topological polar surface area (TPSA) is 196 Å². The third-order valence-electron chi connectivity index (χ3n) is 4.02. The predicted octanol–water partition coefficient (Wildman–Crippen LogP) is 0.125. The third-order valence-corrected chi connectivity index (χ3v) is 6.04. The molecule has 3 heterocycles. The van der Waals surface area contributed by atoms with Crippen LogP contribution in [0.4, 0.5) is 5.13 Å². The van der Waals surface area contributed by atoms with Crippen LogP contribution in [0.5, 0.6) is 0 Å². The van der Waals surface area contributed by atoms with Gasteiger partial charge in [-0.05, 0) is 11.1 Å². The number of carbonyl (C=O) groups excluding carboxylic acids is 2. The molecule has 152 valence electrons. The number of nitrogen functional groups attached to an aromatic ring is 1. The summed E-state index contributed by atoms with van der Waals surface area (Å²) in [5.41, 5.74) is 14.2. The molecule has 2 amide bonds. The van der Waals surface area contributed by atoms with Gasteiger partial charge in [-0.1, -0.05) is 10.3 Å². The van der Waals surface area contributed by atoms with Gasteiger partial charge in [0.2, 0.25) is 0 Å². The first-order chi connectivity index (χ1) is 13.9. The lowest BCUT2D eigenvalue weighted by molar-refractivity contribution is -0.150. The van der Waals surface area contributed by atoms with E-state index < -0.39 is 29.2 Å². The number of nitrogens with one attached hydrogen (secondary N) is 1. The first-order valence-electron chi connectivity index (χ1n) is 7.93. The molecule has 13 nitrogen and oxygen atoms in total. The fourth-order valence-electron chi connectivity index (χ4n) is 2.82. The van der Waals surface area contributed by atoms with Gasteiger partial charge in [-0.25, -0.2) is 9.78 Å². The van der Waals surface area contributed by atoms with E-state index >= 15 is 0 Å². The molecule has 0 saturated carbocycles. The molecule has 29 heavy (non-hydrogen) atoms. The van der Waals surface area contributed by atoms with Crippen molar-refractivity contribution in [3.63, 3.8) is 0 Å². The van der Waals surface area contributed by atoms with Crippen molar-refractivity contribution in [2.24, 2.45) is 10.3 Å². The first kappa shape index (κ1) is 20.4. The third kappa shape index (κ3) is 3.83. The summed E-state index contributed by atoms with van der Waals surface area (Å²) >= 11 is 2.36. The number of thiazole rings is 1. The first-order valence-corrected chi connectivity index (χ1v) is 9.86. The lowest BCUT2D eigenvalue weighted by Crippen LogP contribution is -2.71. The van der Waals surface area contributed by atoms with E-state index in [9.17, 15) is 19.5 Å². The number of anilines is 1. The Bertz CT molecular complexity index is 982. The Balaban J connectivity index is 1.79. The fraction of sp³-hybridized carbons (Fsp3) is 0.357. The van der Waals surface area contributed by atoms with Crippen LogP contribution in [0, 0.1) is 0 Å². The van der Waals surface area contributed by atoms with Crippen molar-refractivity contribution in [2.75, 3.05) is 25.1 Å². The van der Waals surface area contributed by atoms with Crippen molar-refractivity contribution in [1.82, 2.24) is 15.2 Å². The van der Waals surface area contributed by atoms with E-state index in [4.69, 9.17) is 11.3 Å². The normalized spacial score (nSPS) is 21.1. The minimum Gasteiger partial charge on any atom is -0.477 e. The number of thioether (sulfide) groups is 1. The molecule has 2 atom stereocenters. The Morgan fingerprint density at radius 2 is 2.34 bits per heavy atom. The number of carboxylic acids is 1. The highest BCUT2D eigenvalue weighted by Gasteiger charge is 2.54. The molecule has 0 aliphatic carbocycles. The van der Waals surface area contributed by atoms with Crippen LogP contribution in [-0.4, -0.2) is 69.3 Å². The number of oxime groups is 1. The van der Waals surface area contributed by atoms with E-state index in [1.54, 1.807) is 0 Å². The number of carboxylic acid groups (broad SMARTS) is 1. The largest absolute Gasteiger partial charge is 0.477 e. The van der Waals surface area contributed by atoms with Crippen LogP contribution >= 0.6 is 23.1 Å². The molecule has 0 bridgehead atoms. The van der Waals surface area contributed by atoms with E-state index in [1.807, 2.05) is 0 Å². The van der Waals surface area contributed by atoms with E-state index in [2.05, 4.69) is 30.3 Å². The average molecular weight is 438 g/mol. The van der Waals surface area contributed by atoms with Gasteiger partial charge < -0.3 is 21.0 Å². The summed E-state index contributed by atoms with van der Waals surface area (Å²) in [4.78, 5) is 49.2. The molecule has 0 unspecified atom stereocenters. The van der Waals surface area contributed by atoms with E-state index in [0.717, 1.165) is 16.2 Å². The Morgan fingerprint density at radius 1 is 1.59 bits per heavy atom. The monoisotopic (exact) mass is 438 g/mol. The van der Waals surface area contributed by atoms with Crippen molar-refractivity contribution in [3.8, 4) is 0 Å². The maximum Gasteiger partial charge on any atom is 0.352 e. The van der Waals surface area contributed by atoms with Crippen LogP contribution in [-0.2, 0) is 19.2 Å². The Labute approximate surface area is 171 Å². The van der Waals surface area contributed by atoms with Gasteiger partial charge >= 0.3 is 5.97 Å². The summed E-state index contributed by atoms with van der Waals surface area (Å²) in [7, 11) is 1.26. The van der Waals surface area contributed by atoms with Crippen LogP contribution in [0.1, 0.15) is 5.69 Å². The number of azide groups is 1. The molecule has 0 aromatic carbocycles. The number of aromatic nitrogens is 1. The van der Waals surface area contributed by atoms with Crippen LogP contribution < -0.4 is 11.1 Å². The molecule has 0 spiro atoms. The molecule has 1 fully saturated rings.